The van der Waals surface area contributed by atoms with E-state index in [-0.39, 0.29) is 17.1 Å². The van der Waals surface area contributed by atoms with Crippen molar-refractivity contribution in [3.63, 3.8) is 0 Å². The van der Waals surface area contributed by atoms with Crippen molar-refractivity contribution >= 4 is 11.1 Å². The van der Waals surface area contributed by atoms with Crippen LogP contribution in [0.2, 0.25) is 0 Å². The maximum atomic E-state index is 13.5. The van der Waals surface area contributed by atoms with Crippen molar-refractivity contribution in [3.8, 4) is 22.3 Å². The van der Waals surface area contributed by atoms with Crippen LogP contribution in [0.3, 0.4) is 0 Å². The Bertz CT molecular complexity index is 1270. The summed E-state index contributed by atoms with van der Waals surface area (Å²) in [5.74, 6) is -0.354. The van der Waals surface area contributed by atoms with E-state index < -0.39 is 11.1 Å². The largest absolute Gasteiger partial charge is 0.306 e. The van der Waals surface area contributed by atoms with Gasteiger partial charge in [-0.05, 0) is 34.4 Å². The topological polar surface area (TPSA) is 72.2 Å². The molecule has 156 valence electrons. The van der Waals surface area contributed by atoms with Crippen LogP contribution in [0.5, 0.6) is 0 Å². The molecule has 0 radical (unpaired) electrons. The molecule has 1 heterocycles. The second-order valence-electron chi connectivity index (χ2n) is 7.05. The summed E-state index contributed by atoms with van der Waals surface area (Å²) < 4.78 is 35.0. The highest BCUT2D eigenvalue weighted by Crippen LogP contribution is 2.29. The standard InChI is InChI=1S/C24H19FN2O3S/c25-21-12-10-20(11-13-21)23-22(19-8-6-18(7-9-19)16-31(29)30)14-26-27(24(23)28)15-17-4-2-1-3-5-17/h1-14H,15-16H2,(H,29,30). The van der Waals surface area contributed by atoms with Crippen molar-refractivity contribution in [2.75, 3.05) is 0 Å². The molecule has 4 rings (SSSR count). The summed E-state index contributed by atoms with van der Waals surface area (Å²) in [6, 6.07) is 22.4. The van der Waals surface area contributed by atoms with Gasteiger partial charge in [0.2, 0.25) is 0 Å². The molecular formula is C24H19FN2O3S. The van der Waals surface area contributed by atoms with Crippen LogP contribution in [-0.4, -0.2) is 18.5 Å². The molecule has 4 aromatic rings. The Morgan fingerprint density at radius 2 is 1.52 bits per heavy atom. The molecule has 7 heteroatoms. The van der Waals surface area contributed by atoms with Crippen molar-refractivity contribution in [2.24, 2.45) is 0 Å². The third kappa shape index (κ3) is 4.84. The predicted molar refractivity (Wildman–Crippen MR) is 119 cm³/mol. The van der Waals surface area contributed by atoms with Crippen LogP contribution in [0.25, 0.3) is 22.3 Å². The van der Waals surface area contributed by atoms with E-state index in [4.69, 9.17) is 4.55 Å². The summed E-state index contributed by atoms with van der Waals surface area (Å²) in [6.45, 7) is 0.315. The number of aromatic nitrogens is 2. The maximum Gasteiger partial charge on any atom is 0.275 e. The van der Waals surface area contributed by atoms with E-state index in [0.29, 0.717) is 28.8 Å². The molecule has 0 saturated heterocycles. The molecule has 1 atom stereocenters. The molecule has 0 aliphatic heterocycles. The Morgan fingerprint density at radius 3 is 2.16 bits per heavy atom. The van der Waals surface area contributed by atoms with Crippen LogP contribution in [0, 0.1) is 5.82 Å². The van der Waals surface area contributed by atoms with E-state index in [0.717, 1.165) is 11.1 Å². The minimum atomic E-state index is -1.93. The van der Waals surface area contributed by atoms with Gasteiger partial charge in [-0.1, -0.05) is 66.7 Å². The van der Waals surface area contributed by atoms with Crippen molar-refractivity contribution in [1.29, 1.82) is 0 Å². The summed E-state index contributed by atoms with van der Waals surface area (Å²) in [6.07, 6.45) is 1.63. The van der Waals surface area contributed by atoms with Crippen LogP contribution in [0.4, 0.5) is 4.39 Å². The van der Waals surface area contributed by atoms with Gasteiger partial charge in [0.15, 0.2) is 11.1 Å². The number of benzene rings is 3. The first-order valence-corrected chi connectivity index (χ1v) is 10.9. The Balaban J connectivity index is 1.82. The second kappa shape index (κ2) is 9.16. The number of hydrogen-bond donors (Lipinski definition) is 1. The lowest BCUT2D eigenvalue weighted by atomic mass is 9.96. The summed E-state index contributed by atoms with van der Waals surface area (Å²) >= 11 is -1.93. The molecule has 1 unspecified atom stereocenters. The van der Waals surface area contributed by atoms with Crippen LogP contribution in [0.1, 0.15) is 11.1 Å². The maximum absolute atomic E-state index is 13.5. The lowest BCUT2D eigenvalue weighted by molar-refractivity contribution is 0.563. The van der Waals surface area contributed by atoms with Gasteiger partial charge < -0.3 is 4.55 Å². The van der Waals surface area contributed by atoms with Gasteiger partial charge in [0.1, 0.15) is 5.82 Å². The monoisotopic (exact) mass is 434 g/mol. The van der Waals surface area contributed by atoms with Crippen LogP contribution < -0.4 is 5.56 Å². The lowest BCUT2D eigenvalue weighted by Crippen LogP contribution is -2.25. The Labute approximate surface area is 181 Å². The van der Waals surface area contributed by atoms with E-state index >= 15 is 0 Å². The molecule has 0 saturated carbocycles. The van der Waals surface area contributed by atoms with E-state index in [1.807, 2.05) is 30.3 Å². The van der Waals surface area contributed by atoms with Crippen molar-refractivity contribution in [1.82, 2.24) is 9.78 Å². The third-order valence-electron chi connectivity index (χ3n) is 4.91. The molecule has 1 aromatic heterocycles. The Hall–Kier alpha value is -3.42. The fourth-order valence-corrected chi connectivity index (χ4v) is 3.87. The molecule has 0 spiro atoms. The number of halogens is 1. The van der Waals surface area contributed by atoms with Crippen molar-refractivity contribution < 1.29 is 13.2 Å². The highest BCUT2D eigenvalue weighted by Gasteiger charge is 2.16. The minimum Gasteiger partial charge on any atom is -0.306 e. The number of nitrogens with zero attached hydrogens (tertiary/aromatic N) is 2. The van der Waals surface area contributed by atoms with E-state index in [9.17, 15) is 13.4 Å². The Morgan fingerprint density at radius 1 is 0.871 bits per heavy atom. The summed E-state index contributed by atoms with van der Waals surface area (Å²) in [5.41, 5.74) is 3.72. The van der Waals surface area contributed by atoms with Crippen LogP contribution >= 0.6 is 0 Å². The molecule has 0 bridgehead atoms. The zero-order valence-corrected chi connectivity index (χ0v) is 17.3. The molecule has 31 heavy (non-hydrogen) atoms. The van der Waals surface area contributed by atoms with Crippen LogP contribution in [-0.2, 0) is 23.4 Å². The van der Waals surface area contributed by atoms with Gasteiger partial charge in [-0.3, -0.25) is 4.79 Å². The molecule has 0 aliphatic rings. The average Bonchev–Trinajstić information content (AvgIpc) is 2.77. The van der Waals surface area contributed by atoms with Gasteiger partial charge in [-0.2, -0.15) is 5.10 Å². The molecule has 0 fully saturated rings. The SMILES string of the molecule is O=c1c(-c2ccc(F)cc2)c(-c2ccc(CS(=O)O)cc2)cnn1Cc1ccccc1. The summed E-state index contributed by atoms with van der Waals surface area (Å²) in [7, 11) is 0. The van der Waals surface area contributed by atoms with E-state index in [1.165, 1.54) is 16.8 Å². The van der Waals surface area contributed by atoms with Gasteiger partial charge in [-0.25, -0.2) is 13.3 Å². The highest BCUT2D eigenvalue weighted by atomic mass is 32.2. The number of rotatable bonds is 6. The molecule has 1 N–H and O–H groups in total. The highest BCUT2D eigenvalue weighted by molar-refractivity contribution is 7.78. The van der Waals surface area contributed by atoms with Gasteiger partial charge >= 0.3 is 0 Å². The second-order valence-corrected chi connectivity index (χ2v) is 7.98. The first-order chi connectivity index (χ1) is 15.0. The van der Waals surface area contributed by atoms with Gasteiger partial charge in [-0.15, -0.1) is 0 Å². The third-order valence-corrected chi connectivity index (χ3v) is 5.49. The zero-order chi connectivity index (χ0) is 21.8. The lowest BCUT2D eigenvalue weighted by Gasteiger charge is -2.13. The van der Waals surface area contributed by atoms with Gasteiger partial charge in [0, 0.05) is 5.56 Å². The van der Waals surface area contributed by atoms with E-state index in [1.54, 1.807) is 42.6 Å². The fourth-order valence-electron chi connectivity index (χ4n) is 3.40. The van der Waals surface area contributed by atoms with Crippen LogP contribution in [0.15, 0.2) is 89.9 Å². The Kier molecular flexibility index (Phi) is 6.16. The first kappa shape index (κ1) is 20.8. The molecule has 5 nitrogen and oxygen atoms in total. The number of hydrogen-bond acceptors (Lipinski definition) is 3. The molecule has 3 aromatic carbocycles. The predicted octanol–water partition coefficient (Wildman–Crippen LogP) is 4.49. The van der Waals surface area contributed by atoms with Crippen molar-refractivity contribution in [3.05, 3.63) is 112 Å². The summed E-state index contributed by atoms with van der Waals surface area (Å²) in [4.78, 5) is 13.4. The molecule has 0 amide bonds. The minimum absolute atomic E-state index is 0.0298. The van der Waals surface area contributed by atoms with Crippen molar-refractivity contribution in [2.45, 2.75) is 12.3 Å². The fraction of sp³-hybridized carbons (Fsp3) is 0.0833. The normalized spacial score (nSPS) is 11.9. The smallest absolute Gasteiger partial charge is 0.275 e. The quantitative estimate of drug-likeness (QED) is 0.454. The van der Waals surface area contributed by atoms with E-state index in [2.05, 4.69) is 5.10 Å². The average molecular weight is 434 g/mol. The summed E-state index contributed by atoms with van der Waals surface area (Å²) in [5, 5.41) is 4.37. The van der Waals surface area contributed by atoms with Gasteiger partial charge in [0.25, 0.3) is 5.56 Å². The first-order valence-electron chi connectivity index (χ1n) is 9.58. The molecular weight excluding hydrogens is 415 g/mol. The van der Waals surface area contributed by atoms with Gasteiger partial charge in [0.05, 0.1) is 24.1 Å². The molecule has 0 aliphatic carbocycles. The zero-order valence-electron chi connectivity index (χ0n) is 16.4.